The van der Waals surface area contributed by atoms with E-state index >= 15 is 0 Å². The maximum Gasteiger partial charge on any atom is 0.270 e. The number of hydrogen-bond acceptors (Lipinski definition) is 4. The number of rotatable bonds is 5. The fraction of sp³-hybridized carbons (Fsp3) is 0.360. The number of amides is 2. The van der Waals surface area contributed by atoms with Gasteiger partial charge in [0.05, 0.1) is 17.8 Å². The normalized spacial score (nSPS) is 26.7. The second kappa shape index (κ2) is 7.44. The average Bonchev–Trinajstić information content (AvgIpc) is 3.16. The van der Waals surface area contributed by atoms with Crippen molar-refractivity contribution in [3.05, 3.63) is 76.7 Å². The molecule has 5 rings (SSSR count). The fourth-order valence-corrected chi connectivity index (χ4v) is 5.44. The zero-order chi connectivity index (χ0) is 24.4. The van der Waals surface area contributed by atoms with E-state index in [0.717, 1.165) is 23.2 Å². The monoisotopic (exact) mass is 465 g/mol. The van der Waals surface area contributed by atoms with E-state index in [0.29, 0.717) is 11.4 Å². The number of primary amides is 1. The Bertz CT molecular complexity index is 1300. The molecular weight excluding hydrogens is 440 g/mol. The van der Waals surface area contributed by atoms with Gasteiger partial charge in [-0.1, -0.05) is 37.3 Å². The van der Waals surface area contributed by atoms with E-state index in [1.165, 1.54) is 14.0 Å². The minimum atomic E-state index is -3.09. The summed E-state index contributed by atoms with van der Waals surface area (Å²) in [7, 11) is 1.38. The average molecular weight is 466 g/mol. The van der Waals surface area contributed by atoms with Gasteiger partial charge in [-0.05, 0) is 42.5 Å². The summed E-state index contributed by atoms with van der Waals surface area (Å²) in [4.78, 5) is 28.0. The van der Waals surface area contributed by atoms with Crippen molar-refractivity contribution < 1.29 is 18.4 Å². The Hall–Kier alpha value is -3.62. The van der Waals surface area contributed by atoms with Crippen LogP contribution in [0.1, 0.15) is 70.9 Å². The molecule has 2 aliphatic rings. The van der Waals surface area contributed by atoms with Gasteiger partial charge in [-0.25, -0.2) is 18.4 Å². The van der Waals surface area contributed by atoms with Crippen molar-refractivity contribution >= 4 is 11.8 Å². The minimum Gasteiger partial charge on any atom is -0.364 e. The molecule has 3 aromatic rings. The molecule has 3 N–H and O–H groups in total. The first-order valence-electron chi connectivity index (χ1n) is 11.2. The lowest BCUT2D eigenvalue weighted by atomic mass is 9.91. The summed E-state index contributed by atoms with van der Waals surface area (Å²) < 4.78 is 30.8. The number of carbonyl (C=O) groups is 2. The lowest BCUT2D eigenvalue weighted by Gasteiger charge is -2.12. The Morgan fingerprint density at radius 3 is 2.47 bits per heavy atom. The summed E-state index contributed by atoms with van der Waals surface area (Å²) in [6.45, 7) is 3.41. The molecule has 2 heterocycles. The summed E-state index contributed by atoms with van der Waals surface area (Å²) in [5.41, 5.74) is 7.30. The maximum atomic E-state index is 14.6. The van der Waals surface area contributed by atoms with Gasteiger partial charge in [0.2, 0.25) is 5.91 Å². The number of halogens is 2. The highest BCUT2D eigenvalue weighted by Crippen LogP contribution is 2.71. The molecule has 1 aromatic carbocycles. The lowest BCUT2D eigenvalue weighted by Crippen LogP contribution is -2.31. The van der Waals surface area contributed by atoms with Gasteiger partial charge in [0, 0.05) is 18.5 Å². The largest absolute Gasteiger partial charge is 0.364 e. The molecule has 0 spiro atoms. The number of alkyl halides is 2. The topological polar surface area (TPSA) is 103 Å². The first-order valence-corrected chi connectivity index (χ1v) is 11.2. The van der Waals surface area contributed by atoms with Gasteiger partial charge in [-0.2, -0.15) is 5.10 Å². The number of nitrogens with two attached hydrogens (primary N) is 1. The van der Waals surface area contributed by atoms with E-state index < -0.39 is 29.1 Å². The summed E-state index contributed by atoms with van der Waals surface area (Å²) in [5, 5.41) is 6.88. The molecular formula is C25H25F2N5O2. The Labute approximate surface area is 195 Å². The molecule has 2 amide bonds. The van der Waals surface area contributed by atoms with E-state index in [2.05, 4.69) is 22.3 Å². The quantitative estimate of drug-likeness (QED) is 0.602. The third-order valence-corrected chi connectivity index (χ3v) is 7.39. The van der Waals surface area contributed by atoms with Crippen LogP contribution in [0.4, 0.5) is 8.78 Å². The highest BCUT2D eigenvalue weighted by molar-refractivity contribution is 5.91. The lowest BCUT2D eigenvalue weighted by molar-refractivity contribution is -0.128. The van der Waals surface area contributed by atoms with Crippen molar-refractivity contribution in [3.63, 3.8) is 0 Å². The smallest absolute Gasteiger partial charge is 0.270 e. The van der Waals surface area contributed by atoms with Crippen LogP contribution in [0.15, 0.2) is 48.7 Å². The molecule has 1 fully saturated rings. The molecule has 1 saturated carbocycles. The second-order valence-corrected chi connectivity index (χ2v) is 9.34. The molecule has 176 valence electrons. The number of nitrogens with zero attached hydrogens (tertiary/aromatic N) is 3. The Kier molecular flexibility index (Phi) is 4.86. The first kappa shape index (κ1) is 22.2. The molecule has 2 aromatic heterocycles. The fourth-order valence-electron chi connectivity index (χ4n) is 5.44. The first-order chi connectivity index (χ1) is 16.1. The highest BCUT2D eigenvalue weighted by Gasteiger charge is 2.82. The number of benzene rings is 1. The molecule has 7 nitrogen and oxygen atoms in total. The molecule has 0 radical (unpaired) electrons. The molecule has 0 bridgehead atoms. The Morgan fingerprint density at radius 2 is 1.82 bits per heavy atom. The second-order valence-electron chi connectivity index (χ2n) is 9.34. The van der Waals surface area contributed by atoms with Crippen LogP contribution in [-0.2, 0) is 4.79 Å². The van der Waals surface area contributed by atoms with Crippen LogP contribution in [-0.4, -0.2) is 39.5 Å². The standard InChI is InChI=1S/C25H25F2N5O2/c1-13-11-16(17-12-30-32(20(13)17)19-6-4-5-18(31-19)22(28)33)14-7-9-15(10-8-14)21-24(2,23(34)29-3)25(21,26)27/h4-10,12-13,16,21H,11H2,1-3H3,(H2,28,33)(H,29,34)/t13?,16?,21-,24+/m1/s1. The molecule has 0 saturated heterocycles. The SMILES string of the molecule is CNC(=O)[C@]1(C)[C@@H](c2ccc(C3CC(C)c4c3cnn4-c3cccc(C(N)=O)n3)cc2)C1(F)F. The number of fused-ring (bicyclic) bond motifs is 1. The van der Waals surface area contributed by atoms with E-state index in [4.69, 9.17) is 5.73 Å². The minimum absolute atomic E-state index is 0.0529. The Morgan fingerprint density at radius 1 is 1.15 bits per heavy atom. The zero-order valence-corrected chi connectivity index (χ0v) is 19.0. The summed E-state index contributed by atoms with van der Waals surface area (Å²) in [5.74, 6) is -4.74. The van der Waals surface area contributed by atoms with Gasteiger partial charge in [0.25, 0.3) is 11.8 Å². The maximum absolute atomic E-state index is 14.6. The van der Waals surface area contributed by atoms with E-state index in [1.807, 2.05) is 12.1 Å². The van der Waals surface area contributed by atoms with Crippen LogP contribution in [0.3, 0.4) is 0 Å². The van der Waals surface area contributed by atoms with Crippen molar-refractivity contribution in [3.8, 4) is 5.82 Å². The molecule has 2 aliphatic carbocycles. The van der Waals surface area contributed by atoms with Crippen molar-refractivity contribution in [1.29, 1.82) is 0 Å². The van der Waals surface area contributed by atoms with E-state index in [-0.39, 0.29) is 17.5 Å². The summed E-state index contributed by atoms with van der Waals surface area (Å²) in [6, 6.07) is 12.2. The van der Waals surface area contributed by atoms with Crippen molar-refractivity contribution in [2.45, 2.75) is 43.9 Å². The van der Waals surface area contributed by atoms with Gasteiger partial charge >= 0.3 is 0 Å². The number of carbonyl (C=O) groups excluding carboxylic acids is 2. The third kappa shape index (κ3) is 2.99. The third-order valence-electron chi connectivity index (χ3n) is 7.39. The predicted octanol–water partition coefficient (Wildman–Crippen LogP) is 3.49. The van der Waals surface area contributed by atoms with Crippen molar-refractivity contribution in [2.75, 3.05) is 7.05 Å². The van der Waals surface area contributed by atoms with Gasteiger partial charge < -0.3 is 11.1 Å². The molecule has 0 aliphatic heterocycles. The molecule has 4 atom stereocenters. The number of aromatic nitrogens is 3. The summed E-state index contributed by atoms with van der Waals surface area (Å²) >= 11 is 0. The van der Waals surface area contributed by atoms with Gasteiger partial charge in [-0.15, -0.1) is 0 Å². The van der Waals surface area contributed by atoms with Crippen LogP contribution in [0.25, 0.3) is 5.82 Å². The van der Waals surface area contributed by atoms with Crippen LogP contribution in [0.2, 0.25) is 0 Å². The molecule has 2 unspecified atom stereocenters. The number of nitrogens with one attached hydrogen (secondary N) is 1. The van der Waals surface area contributed by atoms with Crippen molar-refractivity contribution in [2.24, 2.45) is 11.1 Å². The van der Waals surface area contributed by atoms with Crippen LogP contribution >= 0.6 is 0 Å². The van der Waals surface area contributed by atoms with Gasteiger partial charge in [0.15, 0.2) is 5.82 Å². The van der Waals surface area contributed by atoms with E-state index in [9.17, 15) is 18.4 Å². The number of hydrogen-bond donors (Lipinski definition) is 2. The van der Waals surface area contributed by atoms with Crippen molar-refractivity contribution in [1.82, 2.24) is 20.1 Å². The zero-order valence-electron chi connectivity index (χ0n) is 19.0. The Balaban J connectivity index is 1.44. The van der Waals surface area contributed by atoms with Crippen LogP contribution in [0.5, 0.6) is 0 Å². The molecule has 34 heavy (non-hydrogen) atoms. The van der Waals surface area contributed by atoms with Gasteiger partial charge in [0.1, 0.15) is 11.1 Å². The van der Waals surface area contributed by atoms with Crippen LogP contribution in [0, 0.1) is 5.41 Å². The number of pyridine rings is 1. The van der Waals surface area contributed by atoms with E-state index in [1.54, 1.807) is 41.2 Å². The highest BCUT2D eigenvalue weighted by atomic mass is 19.3. The molecule has 9 heteroatoms. The van der Waals surface area contributed by atoms with Gasteiger partial charge in [-0.3, -0.25) is 9.59 Å². The predicted molar refractivity (Wildman–Crippen MR) is 121 cm³/mol. The summed E-state index contributed by atoms with van der Waals surface area (Å²) in [6.07, 6.45) is 2.63. The van der Waals surface area contributed by atoms with Crippen LogP contribution < -0.4 is 11.1 Å².